The van der Waals surface area contributed by atoms with Gasteiger partial charge in [0.05, 0.1) is 0 Å². The van der Waals surface area contributed by atoms with Gasteiger partial charge in [-0.2, -0.15) is 0 Å². The normalized spacial score (nSPS) is 10.2. The van der Waals surface area contributed by atoms with E-state index in [0.717, 1.165) is 4.90 Å². The fourth-order valence-corrected chi connectivity index (χ4v) is 2.20. The highest BCUT2D eigenvalue weighted by Gasteiger charge is 2.03. The van der Waals surface area contributed by atoms with Gasteiger partial charge < -0.3 is 5.73 Å². The van der Waals surface area contributed by atoms with Crippen molar-refractivity contribution in [3.63, 3.8) is 0 Å². The summed E-state index contributed by atoms with van der Waals surface area (Å²) < 4.78 is 13.4. The number of rotatable bonds is 3. The lowest BCUT2D eigenvalue weighted by Crippen LogP contribution is -2.10. The zero-order valence-electron chi connectivity index (χ0n) is 8.98. The number of nitrogens with two attached hydrogens (primary N) is 1. The Hall–Kier alpha value is -1.81. The summed E-state index contributed by atoms with van der Waals surface area (Å²) in [5.41, 5.74) is 6.03. The number of halogens is 1. The quantitative estimate of drug-likeness (QED) is 0.645. The molecule has 0 radical (unpaired) electrons. The Labute approximate surface area is 103 Å². The third kappa shape index (κ3) is 2.85. The third-order valence-corrected chi connectivity index (χ3v) is 3.29. The SMILES string of the molecule is N=C(N)c1ccc(Sc2ccccc2F)cc1. The lowest BCUT2D eigenvalue weighted by Gasteiger charge is -2.04. The predicted molar refractivity (Wildman–Crippen MR) is 68.0 cm³/mol. The first-order valence-corrected chi connectivity index (χ1v) is 5.85. The van der Waals surface area contributed by atoms with Gasteiger partial charge in [0.15, 0.2) is 0 Å². The Balaban J connectivity index is 2.20. The average Bonchev–Trinajstić information content (AvgIpc) is 2.33. The molecule has 0 aromatic heterocycles. The van der Waals surface area contributed by atoms with Crippen molar-refractivity contribution in [2.24, 2.45) is 5.73 Å². The first-order chi connectivity index (χ1) is 8.16. The van der Waals surface area contributed by atoms with Crippen LogP contribution >= 0.6 is 11.8 Å². The van der Waals surface area contributed by atoms with Crippen LogP contribution in [-0.2, 0) is 0 Å². The van der Waals surface area contributed by atoms with E-state index < -0.39 is 0 Å². The van der Waals surface area contributed by atoms with Gasteiger partial charge in [-0.3, -0.25) is 5.41 Å². The van der Waals surface area contributed by atoms with Gasteiger partial charge >= 0.3 is 0 Å². The summed E-state index contributed by atoms with van der Waals surface area (Å²) in [6, 6.07) is 13.8. The second kappa shape index (κ2) is 5.01. The van der Waals surface area contributed by atoms with Crippen LogP contribution in [0, 0.1) is 11.2 Å². The summed E-state index contributed by atoms with van der Waals surface area (Å²) in [6.45, 7) is 0. The molecule has 0 amide bonds. The van der Waals surface area contributed by atoms with E-state index in [-0.39, 0.29) is 11.7 Å². The zero-order chi connectivity index (χ0) is 12.3. The minimum absolute atomic E-state index is 0.0347. The maximum absolute atomic E-state index is 13.4. The Kier molecular flexibility index (Phi) is 3.44. The maximum atomic E-state index is 13.4. The van der Waals surface area contributed by atoms with Crippen LogP contribution in [0.15, 0.2) is 58.3 Å². The largest absolute Gasteiger partial charge is 0.384 e. The molecule has 0 unspecified atom stereocenters. The number of benzene rings is 2. The van der Waals surface area contributed by atoms with E-state index in [9.17, 15) is 4.39 Å². The standard InChI is InChI=1S/C13H11FN2S/c14-11-3-1-2-4-12(11)17-10-7-5-9(6-8-10)13(15)16/h1-8H,(H3,15,16). The predicted octanol–water partition coefficient (Wildman–Crippen LogP) is 3.26. The molecule has 0 heterocycles. The second-order valence-corrected chi connectivity index (χ2v) is 4.59. The van der Waals surface area contributed by atoms with Crippen LogP contribution in [-0.4, -0.2) is 5.84 Å². The molecule has 2 nitrogen and oxygen atoms in total. The molecule has 2 rings (SSSR count). The molecule has 86 valence electrons. The van der Waals surface area contributed by atoms with Crippen LogP contribution in [0.25, 0.3) is 0 Å². The minimum atomic E-state index is -0.229. The van der Waals surface area contributed by atoms with E-state index in [2.05, 4.69) is 0 Å². The highest BCUT2D eigenvalue weighted by Crippen LogP contribution is 2.29. The summed E-state index contributed by atoms with van der Waals surface area (Å²) in [4.78, 5) is 1.50. The van der Waals surface area contributed by atoms with Gasteiger partial charge in [-0.1, -0.05) is 36.0 Å². The Morgan fingerprint density at radius 2 is 1.71 bits per heavy atom. The fourth-order valence-electron chi connectivity index (χ4n) is 1.36. The van der Waals surface area contributed by atoms with Gasteiger partial charge in [-0.15, -0.1) is 0 Å². The lowest BCUT2D eigenvalue weighted by atomic mass is 10.2. The molecule has 4 heteroatoms. The van der Waals surface area contributed by atoms with Crippen LogP contribution in [0.3, 0.4) is 0 Å². The summed E-state index contributed by atoms with van der Waals surface area (Å²) >= 11 is 1.35. The number of hydrogen-bond acceptors (Lipinski definition) is 2. The van der Waals surface area contributed by atoms with Gasteiger partial charge in [0.1, 0.15) is 11.7 Å². The third-order valence-electron chi connectivity index (χ3n) is 2.23. The molecule has 3 N–H and O–H groups in total. The van der Waals surface area contributed by atoms with Crippen LogP contribution in [0.4, 0.5) is 4.39 Å². The number of amidine groups is 1. The van der Waals surface area contributed by atoms with E-state index >= 15 is 0 Å². The first kappa shape index (κ1) is 11.7. The molecule has 2 aromatic carbocycles. The smallest absolute Gasteiger partial charge is 0.137 e. The maximum Gasteiger partial charge on any atom is 0.137 e. The molecule has 0 bridgehead atoms. The van der Waals surface area contributed by atoms with Crippen molar-refractivity contribution in [1.29, 1.82) is 5.41 Å². The van der Waals surface area contributed by atoms with Crippen molar-refractivity contribution in [3.05, 3.63) is 59.9 Å². The summed E-state index contributed by atoms with van der Waals surface area (Å²) in [6.07, 6.45) is 0. The van der Waals surface area contributed by atoms with Gasteiger partial charge in [0.25, 0.3) is 0 Å². The zero-order valence-corrected chi connectivity index (χ0v) is 9.80. The highest BCUT2D eigenvalue weighted by atomic mass is 32.2. The van der Waals surface area contributed by atoms with Crippen LogP contribution in [0.2, 0.25) is 0 Å². The number of nitrogen functional groups attached to an aromatic ring is 1. The van der Waals surface area contributed by atoms with Crippen molar-refractivity contribution < 1.29 is 4.39 Å². The summed E-state index contributed by atoms with van der Waals surface area (Å²) in [5, 5.41) is 7.27. The monoisotopic (exact) mass is 246 g/mol. The molecule has 0 saturated heterocycles. The molecule has 0 fully saturated rings. The van der Waals surface area contributed by atoms with Crippen molar-refractivity contribution in [3.8, 4) is 0 Å². The number of nitrogens with one attached hydrogen (secondary N) is 1. The molecule has 17 heavy (non-hydrogen) atoms. The molecule has 2 aromatic rings. The van der Waals surface area contributed by atoms with E-state index in [1.54, 1.807) is 30.3 Å². The Morgan fingerprint density at radius 1 is 1.06 bits per heavy atom. The van der Waals surface area contributed by atoms with Crippen molar-refractivity contribution >= 4 is 17.6 Å². The van der Waals surface area contributed by atoms with E-state index in [4.69, 9.17) is 11.1 Å². The molecule has 0 aliphatic heterocycles. The lowest BCUT2D eigenvalue weighted by molar-refractivity contribution is 0.602. The van der Waals surface area contributed by atoms with Gasteiger partial charge in [-0.25, -0.2) is 4.39 Å². The number of hydrogen-bond donors (Lipinski definition) is 2. The van der Waals surface area contributed by atoms with Crippen LogP contribution < -0.4 is 5.73 Å². The summed E-state index contributed by atoms with van der Waals surface area (Å²) in [5.74, 6) is -0.194. The summed E-state index contributed by atoms with van der Waals surface area (Å²) in [7, 11) is 0. The van der Waals surface area contributed by atoms with Crippen molar-refractivity contribution in [1.82, 2.24) is 0 Å². The molecule has 0 aliphatic rings. The van der Waals surface area contributed by atoms with Gasteiger partial charge in [-0.05, 0) is 24.3 Å². The molecule has 0 saturated carbocycles. The molecule has 0 spiro atoms. The van der Waals surface area contributed by atoms with Crippen molar-refractivity contribution in [2.45, 2.75) is 9.79 Å². The molecular weight excluding hydrogens is 235 g/mol. The van der Waals surface area contributed by atoms with Crippen molar-refractivity contribution in [2.75, 3.05) is 0 Å². The minimum Gasteiger partial charge on any atom is -0.384 e. The van der Waals surface area contributed by atoms with E-state index in [1.807, 2.05) is 12.1 Å². The average molecular weight is 246 g/mol. The van der Waals surface area contributed by atoms with Crippen LogP contribution in [0.5, 0.6) is 0 Å². The Morgan fingerprint density at radius 3 is 2.29 bits per heavy atom. The Bertz CT molecular complexity index is 537. The van der Waals surface area contributed by atoms with E-state index in [0.29, 0.717) is 10.5 Å². The molecular formula is C13H11FN2S. The molecule has 0 atom stereocenters. The topological polar surface area (TPSA) is 49.9 Å². The highest BCUT2D eigenvalue weighted by molar-refractivity contribution is 7.99. The van der Waals surface area contributed by atoms with E-state index in [1.165, 1.54) is 17.8 Å². The molecule has 0 aliphatic carbocycles. The van der Waals surface area contributed by atoms with Crippen LogP contribution in [0.1, 0.15) is 5.56 Å². The fraction of sp³-hybridized carbons (Fsp3) is 0. The first-order valence-electron chi connectivity index (χ1n) is 5.03. The second-order valence-electron chi connectivity index (χ2n) is 3.47. The van der Waals surface area contributed by atoms with Gasteiger partial charge in [0, 0.05) is 15.4 Å². The van der Waals surface area contributed by atoms with Gasteiger partial charge in [0.2, 0.25) is 0 Å².